The zero-order valence-corrected chi connectivity index (χ0v) is 9.32. The van der Waals surface area contributed by atoms with Gasteiger partial charge in [-0.15, -0.1) is 0 Å². The highest BCUT2D eigenvalue weighted by Crippen LogP contribution is 2.11. The van der Waals surface area contributed by atoms with Crippen LogP contribution in [0.5, 0.6) is 0 Å². The molecule has 1 rings (SSSR count). The second kappa shape index (κ2) is 5.44. The molecule has 88 valence electrons. The number of ether oxygens (including phenoxy) is 1. The number of amides is 2. The molecule has 1 fully saturated rings. The molecule has 0 saturated carbocycles. The van der Waals surface area contributed by atoms with E-state index in [9.17, 15) is 14.4 Å². The molecule has 0 aliphatic carbocycles. The number of carbonyl (C=O) groups excluding carboxylic acids is 3. The van der Waals surface area contributed by atoms with E-state index in [0.29, 0.717) is 31.4 Å². The van der Waals surface area contributed by atoms with Crippen LogP contribution in [0.1, 0.15) is 26.2 Å². The molecule has 0 unspecified atom stereocenters. The van der Waals surface area contributed by atoms with Gasteiger partial charge in [-0.3, -0.25) is 14.5 Å². The van der Waals surface area contributed by atoms with Gasteiger partial charge in [-0.25, -0.2) is 4.79 Å². The summed E-state index contributed by atoms with van der Waals surface area (Å²) in [5.74, 6) is -0.730. The van der Waals surface area contributed by atoms with Crippen LogP contribution in [0.25, 0.3) is 0 Å². The standard InChI is InChI=1S/C11H15NO4/c1-8(2)11(15)16-7-3-6-12-9(13)4-5-10(12)14/h1,3-7H2,2H3. The molecule has 1 heterocycles. The Hall–Kier alpha value is -1.65. The van der Waals surface area contributed by atoms with E-state index in [1.807, 2.05) is 0 Å². The smallest absolute Gasteiger partial charge is 0.333 e. The van der Waals surface area contributed by atoms with E-state index in [4.69, 9.17) is 4.74 Å². The minimum Gasteiger partial charge on any atom is -0.462 e. The highest BCUT2D eigenvalue weighted by molar-refractivity contribution is 6.01. The summed E-state index contributed by atoms with van der Waals surface area (Å²) in [5, 5.41) is 0. The summed E-state index contributed by atoms with van der Waals surface area (Å²) in [6.45, 7) is 5.53. The van der Waals surface area contributed by atoms with Gasteiger partial charge < -0.3 is 4.74 Å². The van der Waals surface area contributed by atoms with Crippen LogP contribution in [0, 0.1) is 0 Å². The fourth-order valence-electron chi connectivity index (χ4n) is 1.38. The number of nitrogens with zero attached hydrogens (tertiary/aromatic N) is 1. The van der Waals surface area contributed by atoms with E-state index < -0.39 is 5.97 Å². The third-order valence-corrected chi connectivity index (χ3v) is 2.26. The fourth-order valence-corrected chi connectivity index (χ4v) is 1.38. The van der Waals surface area contributed by atoms with Crippen molar-refractivity contribution in [3.05, 3.63) is 12.2 Å². The molecular weight excluding hydrogens is 210 g/mol. The van der Waals surface area contributed by atoms with Crippen molar-refractivity contribution in [3.63, 3.8) is 0 Å². The molecule has 1 saturated heterocycles. The lowest BCUT2D eigenvalue weighted by atomic mass is 10.3. The summed E-state index contributed by atoms with van der Waals surface area (Å²) in [6, 6.07) is 0. The van der Waals surface area contributed by atoms with Gasteiger partial charge in [0.2, 0.25) is 11.8 Å². The minimum atomic E-state index is -0.445. The Balaban J connectivity index is 2.21. The number of hydrogen-bond acceptors (Lipinski definition) is 4. The molecule has 0 aromatic carbocycles. The average Bonchev–Trinajstić information content (AvgIpc) is 2.54. The van der Waals surface area contributed by atoms with Crippen LogP contribution in [-0.2, 0) is 19.1 Å². The van der Waals surface area contributed by atoms with Gasteiger partial charge in [0.15, 0.2) is 0 Å². The molecule has 0 bridgehead atoms. The monoisotopic (exact) mass is 225 g/mol. The van der Waals surface area contributed by atoms with Crippen molar-refractivity contribution in [1.82, 2.24) is 4.90 Å². The highest BCUT2D eigenvalue weighted by Gasteiger charge is 2.27. The first-order valence-corrected chi connectivity index (χ1v) is 5.18. The molecule has 0 N–H and O–H groups in total. The van der Waals surface area contributed by atoms with Crippen LogP contribution >= 0.6 is 0 Å². The first kappa shape index (κ1) is 12.4. The van der Waals surface area contributed by atoms with Crippen molar-refractivity contribution < 1.29 is 19.1 Å². The highest BCUT2D eigenvalue weighted by atomic mass is 16.5. The maximum atomic E-state index is 11.2. The van der Waals surface area contributed by atoms with Gasteiger partial charge in [-0.2, -0.15) is 0 Å². The molecular formula is C11H15NO4. The zero-order chi connectivity index (χ0) is 12.1. The van der Waals surface area contributed by atoms with Gasteiger partial charge in [0, 0.05) is 25.0 Å². The summed E-state index contributed by atoms with van der Waals surface area (Å²) < 4.78 is 4.85. The Morgan fingerprint density at radius 2 is 1.94 bits per heavy atom. The van der Waals surface area contributed by atoms with Crippen LogP contribution in [0.4, 0.5) is 0 Å². The Morgan fingerprint density at radius 3 is 2.44 bits per heavy atom. The predicted molar refractivity (Wildman–Crippen MR) is 56.3 cm³/mol. The van der Waals surface area contributed by atoms with Crippen LogP contribution in [0.2, 0.25) is 0 Å². The molecule has 0 aromatic heterocycles. The Morgan fingerprint density at radius 1 is 1.38 bits per heavy atom. The molecule has 16 heavy (non-hydrogen) atoms. The molecule has 1 aliphatic rings. The largest absolute Gasteiger partial charge is 0.462 e. The van der Waals surface area contributed by atoms with E-state index in [-0.39, 0.29) is 18.4 Å². The van der Waals surface area contributed by atoms with Gasteiger partial charge in [0.25, 0.3) is 0 Å². The van der Waals surface area contributed by atoms with Gasteiger partial charge in [-0.1, -0.05) is 6.58 Å². The fraction of sp³-hybridized carbons (Fsp3) is 0.545. The van der Waals surface area contributed by atoms with Crippen molar-refractivity contribution in [2.24, 2.45) is 0 Å². The van der Waals surface area contributed by atoms with E-state index in [1.165, 1.54) is 4.90 Å². The maximum absolute atomic E-state index is 11.2. The van der Waals surface area contributed by atoms with E-state index >= 15 is 0 Å². The molecule has 5 nitrogen and oxygen atoms in total. The third-order valence-electron chi connectivity index (χ3n) is 2.26. The molecule has 2 amide bonds. The first-order valence-electron chi connectivity index (χ1n) is 5.18. The van der Waals surface area contributed by atoms with Crippen LogP contribution in [-0.4, -0.2) is 35.8 Å². The third kappa shape index (κ3) is 3.18. The van der Waals surface area contributed by atoms with Crippen molar-refractivity contribution in [2.75, 3.05) is 13.2 Å². The molecule has 0 aromatic rings. The molecule has 0 spiro atoms. The summed E-state index contributed by atoms with van der Waals surface area (Å²) in [4.78, 5) is 34.6. The van der Waals surface area contributed by atoms with Crippen LogP contribution < -0.4 is 0 Å². The lowest BCUT2D eigenvalue weighted by molar-refractivity contribution is -0.139. The molecule has 5 heteroatoms. The zero-order valence-electron chi connectivity index (χ0n) is 9.32. The van der Waals surface area contributed by atoms with E-state index in [2.05, 4.69) is 6.58 Å². The summed E-state index contributed by atoms with van der Waals surface area (Å²) in [7, 11) is 0. The maximum Gasteiger partial charge on any atom is 0.333 e. The van der Waals surface area contributed by atoms with E-state index in [0.717, 1.165) is 0 Å². The summed E-state index contributed by atoms with van der Waals surface area (Å²) in [5.41, 5.74) is 0.341. The Labute approximate surface area is 94.1 Å². The van der Waals surface area contributed by atoms with Crippen molar-refractivity contribution in [2.45, 2.75) is 26.2 Å². The lowest BCUT2D eigenvalue weighted by Crippen LogP contribution is -2.30. The van der Waals surface area contributed by atoms with Crippen molar-refractivity contribution >= 4 is 17.8 Å². The van der Waals surface area contributed by atoms with Crippen LogP contribution in [0.3, 0.4) is 0 Å². The lowest BCUT2D eigenvalue weighted by Gasteiger charge is -2.13. The van der Waals surface area contributed by atoms with E-state index in [1.54, 1.807) is 6.92 Å². The van der Waals surface area contributed by atoms with Gasteiger partial charge in [0.1, 0.15) is 0 Å². The summed E-state index contributed by atoms with van der Waals surface area (Å²) in [6.07, 6.45) is 1.06. The van der Waals surface area contributed by atoms with Crippen molar-refractivity contribution in [3.8, 4) is 0 Å². The second-order valence-electron chi connectivity index (χ2n) is 3.71. The van der Waals surface area contributed by atoms with Gasteiger partial charge in [-0.05, 0) is 13.3 Å². The number of esters is 1. The SMILES string of the molecule is C=C(C)C(=O)OCCCN1C(=O)CCC1=O. The normalized spacial score (nSPS) is 15.4. The van der Waals surface area contributed by atoms with Gasteiger partial charge >= 0.3 is 5.97 Å². The molecule has 0 radical (unpaired) electrons. The van der Waals surface area contributed by atoms with Crippen LogP contribution in [0.15, 0.2) is 12.2 Å². The Bertz CT molecular complexity index is 319. The van der Waals surface area contributed by atoms with Gasteiger partial charge in [0.05, 0.1) is 6.61 Å². The second-order valence-corrected chi connectivity index (χ2v) is 3.71. The van der Waals surface area contributed by atoms with Crippen molar-refractivity contribution in [1.29, 1.82) is 0 Å². The first-order chi connectivity index (χ1) is 7.52. The molecule has 0 atom stereocenters. The number of hydrogen-bond donors (Lipinski definition) is 0. The topological polar surface area (TPSA) is 63.7 Å². The molecule has 1 aliphatic heterocycles. The minimum absolute atomic E-state index is 0.142. The predicted octanol–water partition coefficient (Wildman–Crippen LogP) is 0.645. The quantitative estimate of drug-likeness (QED) is 0.298. The number of rotatable bonds is 5. The summed E-state index contributed by atoms with van der Waals surface area (Å²) >= 11 is 0. The average molecular weight is 225 g/mol. The number of carbonyl (C=O) groups is 3. The number of likely N-dealkylation sites (tertiary alicyclic amines) is 1. The number of imide groups is 1. The Kier molecular flexibility index (Phi) is 4.22.